The zero-order valence-electron chi connectivity index (χ0n) is 15.3. The van der Waals surface area contributed by atoms with Gasteiger partial charge >= 0.3 is 0 Å². The highest BCUT2D eigenvalue weighted by atomic mass is 16.5. The first-order valence-corrected chi connectivity index (χ1v) is 9.07. The van der Waals surface area contributed by atoms with E-state index < -0.39 is 17.6 Å². The van der Waals surface area contributed by atoms with Gasteiger partial charge in [-0.15, -0.1) is 0 Å². The van der Waals surface area contributed by atoms with E-state index in [9.17, 15) is 14.7 Å². The van der Waals surface area contributed by atoms with Crippen molar-refractivity contribution in [2.24, 2.45) is 0 Å². The predicted octanol–water partition coefficient (Wildman–Crippen LogP) is -0.314. The van der Waals surface area contributed by atoms with E-state index in [0.717, 1.165) is 0 Å². The predicted molar refractivity (Wildman–Crippen MR) is 103 cm³/mol. The van der Waals surface area contributed by atoms with Gasteiger partial charge in [0, 0.05) is 13.1 Å². The SMILES string of the molecule is O=C(COc1ccccc1)Nc1nc2nc([C@H]3CNC[C@@H](CO)O3)[nH]c2c(=O)[nH]1. The fourth-order valence-electron chi connectivity index (χ4n) is 2.94. The van der Waals surface area contributed by atoms with Crippen LogP contribution in [0.3, 0.4) is 0 Å². The first-order chi connectivity index (χ1) is 14.1. The van der Waals surface area contributed by atoms with Crippen molar-refractivity contribution in [3.63, 3.8) is 0 Å². The quantitative estimate of drug-likeness (QED) is 0.377. The second-order valence-electron chi connectivity index (χ2n) is 6.47. The molecule has 0 saturated carbocycles. The average molecular weight is 400 g/mol. The van der Waals surface area contributed by atoms with E-state index in [-0.39, 0.29) is 36.4 Å². The largest absolute Gasteiger partial charge is 0.484 e. The Morgan fingerprint density at radius 2 is 2.07 bits per heavy atom. The molecule has 1 aromatic carbocycles. The van der Waals surface area contributed by atoms with Crippen molar-refractivity contribution in [2.75, 3.05) is 31.6 Å². The van der Waals surface area contributed by atoms with Crippen LogP contribution in [0.15, 0.2) is 35.1 Å². The normalized spacial score (nSPS) is 19.2. The number of para-hydroxylation sites is 1. The highest BCUT2D eigenvalue weighted by Crippen LogP contribution is 2.20. The van der Waals surface area contributed by atoms with Crippen LogP contribution < -0.4 is 20.9 Å². The van der Waals surface area contributed by atoms with Gasteiger partial charge in [-0.05, 0) is 12.1 Å². The third-order valence-electron chi connectivity index (χ3n) is 4.32. The van der Waals surface area contributed by atoms with Gasteiger partial charge in [0.05, 0.1) is 12.7 Å². The van der Waals surface area contributed by atoms with Gasteiger partial charge in [0.2, 0.25) is 5.95 Å². The number of amides is 1. The molecule has 4 rings (SSSR count). The van der Waals surface area contributed by atoms with Crippen LogP contribution in [0.2, 0.25) is 0 Å². The molecule has 3 heterocycles. The highest BCUT2D eigenvalue weighted by Gasteiger charge is 2.26. The molecule has 0 radical (unpaired) electrons. The second kappa shape index (κ2) is 8.39. The summed E-state index contributed by atoms with van der Waals surface area (Å²) in [6, 6.07) is 8.89. The van der Waals surface area contributed by atoms with E-state index in [1.807, 2.05) is 6.07 Å². The van der Waals surface area contributed by atoms with E-state index in [0.29, 0.717) is 24.7 Å². The van der Waals surface area contributed by atoms with Gasteiger partial charge < -0.3 is 24.9 Å². The molecular weight excluding hydrogens is 380 g/mol. The molecule has 1 aliphatic heterocycles. The van der Waals surface area contributed by atoms with Gasteiger partial charge in [-0.2, -0.15) is 4.98 Å². The number of benzene rings is 1. The Morgan fingerprint density at radius 3 is 2.86 bits per heavy atom. The minimum absolute atomic E-state index is 0.0295. The van der Waals surface area contributed by atoms with Crippen LogP contribution in [0.5, 0.6) is 5.75 Å². The summed E-state index contributed by atoms with van der Waals surface area (Å²) in [5, 5.41) is 14.9. The van der Waals surface area contributed by atoms with Crippen LogP contribution in [-0.2, 0) is 9.53 Å². The molecule has 29 heavy (non-hydrogen) atoms. The number of aliphatic hydroxyl groups excluding tert-OH is 1. The van der Waals surface area contributed by atoms with Crippen LogP contribution in [-0.4, -0.2) is 63.4 Å². The van der Waals surface area contributed by atoms with Crippen LogP contribution in [0, 0.1) is 0 Å². The minimum Gasteiger partial charge on any atom is -0.484 e. The molecule has 11 heteroatoms. The Bertz CT molecular complexity index is 1050. The molecule has 152 valence electrons. The summed E-state index contributed by atoms with van der Waals surface area (Å²) >= 11 is 0. The molecule has 1 saturated heterocycles. The number of carbonyl (C=O) groups excluding carboxylic acids is 1. The molecule has 11 nitrogen and oxygen atoms in total. The summed E-state index contributed by atoms with van der Waals surface area (Å²) in [4.78, 5) is 38.3. The number of carbonyl (C=O) groups is 1. The number of imidazole rings is 1. The number of ether oxygens (including phenoxy) is 2. The number of morpholine rings is 1. The second-order valence-corrected chi connectivity index (χ2v) is 6.47. The maximum atomic E-state index is 12.3. The Balaban J connectivity index is 1.47. The molecule has 1 fully saturated rings. The fourth-order valence-corrected chi connectivity index (χ4v) is 2.94. The van der Waals surface area contributed by atoms with Crippen molar-refractivity contribution >= 4 is 23.0 Å². The summed E-state index contributed by atoms with van der Waals surface area (Å²) < 4.78 is 11.1. The topological polar surface area (TPSA) is 154 Å². The summed E-state index contributed by atoms with van der Waals surface area (Å²) in [5.74, 6) is 0.467. The van der Waals surface area contributed by atoms with Crippen molar-refractivity contribution in [3.8, 4) is 5.75 Å². The summed E-state index contributed by atoms with van der Waals surface area (Å²) in [7, 11) is 0. The molecule has 0 bridgehead atoms. The first kappa shape index (κ1) is 19.1. The summed E-state index contributed by atoms with van der Waals surface area (Å²) in [6.45, 7) is 0.660. The highest BCUT2D eigenvalue weighted by molar-refractivity contribution is 5.90. The molecule has 0 unspecified atom stereocenters. The number of fused-ring (bicyclic) bond motifs is 1. The van der Waals surface area contributed by atoms with Crippen molar-refractivity contribution in [2.45, 2.75) is 12.2 Å². The van der Waals surface area contributed by atoms with Gasteiger partial charge in [-0.1, -0.05) is 18.2 Å². The standard InChI is InChI=1S/C18H20N6O5/c25-8-11-6-19-7-12(29-11)15-21-14-16(22-15)23-18(24-17(14)27)20-13(26)9-28-10-4-2-1-3-5-10/h1-5,11-12,19,25H,6-9H2,(H3,20,21,22,23,24,26,27)/t11-,12+/m0/s1. The number of hydrogen-bond acceptors (Lipinski definition) is 8. The maximum absolute atomic E-state index is 12.3. The van der Waals surface area contributed by atoms with E-state index in [2.05, 4.69) is 30.6 Å². The van der Waals surface area contributed by atoms with Crippen molar-refractivity contribution < 1.29 is 19.4 Å². The number of hydrogen-bond donors (Lipinski definition) is 5. The zero-order valence-corrected chi connectivity index (χ0v) is 15.3. The van der Waals surface area contributed by atoms with Gasteiger partial charge in [-0.25, -0.2) is 4.98 Å². The zero-order chi connectivity index (χ0) is 20.2. The monoisotopic (exact) mass is 400 g/mol. The van der Waals surface area contributed by atoms with E-state index in [4.69, 9.17) is 9.47 Å². The molecular formula is C18H20N6O5. The van der Waals surface area contributed by atoms with Crippen LogP contribution in [0.25, 0.3) is 11.2 Å². The molecule has 0 aliphatic carbocycles. The van der Waals surface area contributed by atoms with Crippen LogP contribution >= 0.6 is 0 Å². The number of H-pyrrole nitrogens is 2. The molecule has 2 atom stereocenters. The lowest BCUT2D eigenvalue weighted by Crippen LogP contribution is -2.42. The summed E-state index contributed by atoms with van der Waals surface area (Å²) in [6.07, 6.45) is -0.806. The molecule has 1 amide bonds. The van der Waals surface area contributed by atoms with Gasteiger partial charge in [0.15, 0.2) is 17.8 Å². The van der Waals surface area contributed by atoms with Crippen molar-refractivity contribution in [3.05, 3.63) is 46.5 Å². The minimum atomic E-state index is -0.476. The third kappa shape index (κ3) is 4.42. The Kier molecular flexibility index (Phi) is 5.51. The Hall–Kier alpha value is -3.28. The van der Waals surface area contributed by atoms with Gasteiger partial charge in [-0.3, -0.25) is 19.9 Å². The average Bonchev–Trinajstić information content (AvgIpc) is 3.18. The Labute approximate surface area is 164 Å². The number of nitrogens with zero attached hydrogens (tertiary/aromatic N) is 2. The molecule has 3 aromatic rings. The van der Waals surface area contributed by atoms with Gasteiger partial charge in [0.1, 0.15) is 17.7 Å². The van der Waals surface area contributed by atoms with Crippen molar-refractivity contribution in [1.29, 1.82) is 0 Å². The number of aliphatic hydroxyl groups is 1. The van der Waals surface area contributed by atoms with Gasteiger partial charge in [0.25, 0.3) is 11.5 Å². The Morgan fingerprint density at radius 1 is 1.24 bits per heavy atom. The fraction of sp³-hybridized carbons (Fsp3) is 0.333. The lowest BCUT2D eigenvalue weighted by Gasteiger charge is -2.28. The number of aromatic amines is 2. The number of aromatic nitrogens is 4. The summed E-state index contributed by atoms with van der Waals surface area (Å²) in [5.41, 5.74) is -0.151. The third-order valence-corrected chi connectivity index (χ3v) is 4.32. The van der Waals surface area contributed by atoms with Crippen molar-refractivity contribution in [1.82, 2.24) is 25.3 Å². The van der Waals surface area contributed by atoms with E-state index in [1.54, 1.807) is 24.3 Å². The first-order valence-electron chi connectivity index (χ1n) is 9.07. The molecule has 2 aromatic heterocycles. The molecule has 0 spiro atoms. The van der Waals surface area contributed by atoms with E-state index >= 15 is 0 Å². The number of nitrogens with one attached hydrogen (secondary N) is 4. The lowest BCUT2D eigenvalue weighted by molar-refractivity contribution is -0.118. The van der Waals surface area contributed by atoms with Crippen LogP contribution in [0.1, 0.15) is 11.9 Å². The molecule has 5 N–H and O–H groups in total. The van der Waals surface area contributed by atoms with Crippen LogP contribution in [0.4, 0.5) is 5.95 Å². The molecule has 1 aliphatic rings. The maximum Gasteiger partial charge on any atom is 0.278 e. The number of anilines is 1. The van der Waals surface area contributed by atoms with E-state index in [1.165, 1.54) is 0 Å². The number of rotatable bonds is 6. The smallest absolute Gasteiger partial charge is 0.278 e. The lowest BCUT2D eigenvalue weighted by atomic mass is 10.2.